The fourth-order valence-corrected chi connectivity index (χ4v) is 4.92. The SMILES string of the molecule is N#C/C(C(=O)Nc1ccc(Cl)cc1)=C1\S[C@H](Cc2ccc(Cl)cc2)C(=O)N1c1ccccc1. The van der Waals surface area contributed by atoms with Crippen LogP contribution in [0.25, 0.3) is 0 Å². The van der Waals surface area contributed by atoms with Crippen molar-refractivity contribution in [1.82, 2.24) is 0 Å². The number of carbonyl (C=O) groups is 2. The lowest BCUT2D eigenvalue weighted by Crippen LogP contribution is -2.30. The fourth-order valence-electron chi connectivity index (χ4n) is 3.36. The van der Waals surface area contributed by atoms with E-state index in [4.69, 9.17) is 23.2 Å². The van der Waals surface area contributed by atoms with Crippen LogP contribution in [0.1, 0.15) is 5.56 Å². The highest BCUT2D eigenvalue weighted by Gasteiger charge is 2.40. The van der Waals surface area contributed by atoms with Crippen molar-refractivity contribution >= 4 is 58.2 Å². The predicted molar refractivity (Wildman–Crippen MR) is 133 cm³/mol. The molecule has 8 heteroatoms. The van der Waals surface area contributed by atoms with Crippen LogP contribution in [-0.4, -0.2) is 17.1 Å². The summed E-state index contributed by atoms with van der Waals surface area (Å²) in [5, 5.41) is 13.5. The minimum absolute atomic E-state index is 0.134. The van der Waals surface area contributed by atoms with Crippen LogP contribution in [0.15, 0.2) is 89.5 Å². The molecule has 0 aliphatic carbocycles. The molecule has 0 saturated carbocycles. The fraction of sp³-hybridized carbons (Fsp3) is 0.0800. The van der Waals surface area contributed by atoms with Crippen molar-refractivity contribution in [3.8, 4) is 6.07 Å². The van der Waals surface area contributed by atoms with Gasteiger partial charge < -0.3 is 5.32 Å². The first-order chi connectivity index (χ1) is 16.0. The molecule has 1 heterocycles. The summed E-state index contributed by atoms with van der Waals surface area (Å²) in [6.07, 6.45) is 0.436. The summed E-state index contributed by atoms with van der Waals surface area (Å²) in [6.45, 7) is 0. The van der Waals surface area contributed by atoms with Gasteiger partial charge in [-0.3, -0.25) is 14.5 Å². The number of rotatable bonds is 5. The molecule has 5 nitrogen and oxygen atoms in total. The minimum Gasteiger partial charge on any atom is -0.321 e. The first kappa shape index (κ1) is 22.9. The average Bonchev–Trinajstić information content (AvgIpc) is 3.13. The van der Waals surface area contributed by atoms with Crippen molar-refractivity contribution in [2.75, 3.05) is 10.2 Å². The molecule has 3 aromatic rings. The molecule has 0 radical (unpaired) electrons. The van der Waals surface area contributed by atoms with Crippen LogP contribution in [0.4, 0.5) is 11.4 Å². The van der Waals surface area contributed by atoms with E-state index in [1.807, 2.05) is 24.3 Å². The molecular formula is C25H17Cl2N3O2S. The monoisotopic (exact) mass is 493 g/mol. The Hall–Kier alpha value is -3.24. The summed E-state index contributed by atoms with van der Waals surface area (Å²) < 4.78 is 0. The van der Waals surface area contributed by atoms with E-state index in [2.05, 4.69) is 5.32 Å². The van der Waals surface area contributed by atoms with Gasteiger partial charge >= 0.3 is 0 Å². The summed E-state index contributed by atoms with van der Waals surface area (Å²) in [5.74, 6) is -0.786. The van der Waals surface area contributed by atoms with Gasteiger partial charge in [-0.25, -0.2) is 0 Å². The number of nitrogens with one attached hydrogen (secondary N) is 1. The second-order valence-corrected chi connectivity index (χ2v) is 9.26. The van der Waals surface area contributed by atoms with Crippen LogP contribution in [0.5, 0.6) is 0 Å². The van der Waals surface area contributed by atoms with Crippen molar-refractivity contribution in [3.63, 3.8) is 0 Å². The number of para-hydroxylation sites is 1. The molecule has 4 rings (SSSR count). The van der Waals surface area contributed by atoms with Gasteiger partial charge in [0.15, 0.2) is 0 Å². The van der Waals surface area contributed by atoms with E-state index in [0.717, 1.165) is 5.56 Å². The van der Waals surface area contributed by atoms with Gasteiger partial charge in [0, 0.05) is 21.4 Å². The second-order valence-electron chi connectivity index (χ2n) is 7.20. The van der Waals surface area contributed by atoms with Crippen molar-refractivity contribution in [3.05, 3.63) is 105 Å². The first-order valence-electron chi connectivity index (χ1n) is 9.97. The molecule has 0 unspecified atom stereocenters. The molecule has 1 fully saturated rings. The van der Waals surface area contributed by atoms with E-state index in [9.17, 15) is 14.9 Å². The summed E-state index contributed by atoms with van der Waals surface area (Å²) in [4.78, 5) is 27.9. The van der Waals surface area contributed by atoms with Crippen molar-refractivity contribution < 1.29 is 9.59 Å². The first-order valence-corrected chi connectivity index (χ1v) is 11.6. The number of hydrogen-bond acceptors (Lipinski definition) is 4. The Labute approximate surface area is 205 Å². The zero-order valence-corrected chi connectivity index (χ0v) is 19.5. The smallest absolute Gasteiger partial charge is 0.269 e. The quantitative estimate of drug-likeness (QED) is 0.346. The third kappa shape index (κ3) is 5.23. The van der Waals surface area contributed by atoms with E-state index in [1.165, 1.54) is 16.7 Å². The van der Waals surface area contributed by atoms with Gasteiger partial charge in [-0.05, 0) is 60.5 Å². The van der Waals surface area contributed by atoms with Crippen molar-refractivity contribution in [1.29, 1.82) is 5.26 Å². The predicted octanol–water partition coefficient (Wildman–Crippen LogP) is 6.06. The number of nitrogens with zero attached hydrogens (tertiary/aromatic N) is 2. The van der Waals surface area contributed by atoms with Gasteiger partial charge in [0.05, 0.1) is 5.25 Å². The Balaban J connectivity index is 1.70. The number of carbonyl (C=O) groups excluding carboxylic acids is 2. The molecule has 1 N–H and O–H groups in total. The van der Waals surface area contributed by atoms with Gasteiger partial charge in [-0.15, -0.1) is 0 Å². The van der Waals surface area contributed by atoms with Crippen LogP contribution in [0.3, 0.4) is 0 Å². The summed E-state index contributed by atoms with van der Waals surface area (Å²) in [7, 11) is 0. The van der Waals surface area contributed by atoms with Crippen molar-refractivity contribution in [2.45, 2.75) is 11.7 Å². The summed E-state index contributed by atoms with van der Waals surface area (Å²) in [6, 6.07) is 24.8. The Kier molecular flexibility index (Phi) is 7.05. The third-order valence-corrected chi connectivity index (χ3v) is 6.72. The van der Waals surface area contributed by atoms with E-state index in [1.54, 1.807) is 60.7 Å². The largest absolute Gasteiger partial charge is 0.321 e. The zero-order valence-electron chi connectivity index (χ0n) is 17.2. The minimum atomic E-state index is -0.594. The van der Waals surface area contributed by atoms with Gasteiger partial charge in [0.25, 0.3) is 5.91 Å². The molecule has 1 aliphatic rings. The maximum atomic E-state index is 13.4. The van der Waals surface area contributed by atoms with E-state index in [0.29, 0.717) is 32.9 Å². The van der Waals surface area contributed by atoms with Gasteiger partial charge in [-0.1, -0.05) is 65.3 Å². The number of hydrogen-bond donors (Lipinski definition) is 1. The molecule has 1 atom stereocenters. The molecular weight excluding hydrogens is 477 g/mol. The maximum Gasteiger partial charge on any atom is 0.269 e. The molecule has 0 aromatic heterocycles. The third-order valence-electron chi connectivity index (χ3n) is 4.96. The van der Waals surface area contributed by atoms with Crippen LogP contribution in [-0.2, 0) is 16.0 Å². The van der Waals surface area contributed by atoms with E-state index >= 15 is 0 Å². The van der Waals surface area contributed by atoms with E-state index in [-0.39, 0.29) is 11.5 Å². The Morgan fingerprint density at radius 2 is 1.58 bits per heavy atom. The highest BCUT2D eigenvalue weighted by molar-refractivity contribution is 8.05. The Bertz CT molecular complexity index is 1250. The summed E-state index contributed by atoms with van der Waals surface area (Å²) in [5.41, 5.74) is 1.89. The lowest BCUT2D eigenvalue weighted by Gasteiger charge is -2.18. The number of benzene rings is 3. The number of amides is 2. The van der Waals surface area contributed by atoms with Crippen molar-refractivity contribution in [2.24, 2.45) is 0 Å². The highest BCUT2D eigenvalue weighted by Crippen LogP contribution is 2.42. The zero-order chi connectivity index (χ0) is 23.4. The van der Waals surface area contributed by atoms with Crippen LogP contribution < -0.4 is 10.2 Å². The molecule has 0 spiro atoms. The van der Waals surface area contributed by atoms with Gasteiger partial charge in [-0.2, -0.15) is 5.26 Å². The topological polar surface area (TPSA) is 73.2 Å². The molecule has 1 aliphatic heterocycles. The Morgan fingerprint density at radius 1 is 0.970 bits per heavy atom. The van der Waals surface area contributed by atoms with Gasteiger partial charge in [0.1, 0.15) is 16.7 Å². The van der Waals surface area contributed by atoms with Gasteiger partial charge in [0.2, 0.25) is 5.91 Å². The van der Waals surface area contributed by atoms with E-state index < -0.39 is 11.2 Å². The summed E-state index contributed by atoms with van der Waals surface area (Å²) >= 11 is 13.1. The molecule has 164 valence electrons. The van der Waals surface area contributed by atoms with Crippen LogP contribution in [0.2, 0.25) is 10.0 Å². The molecule has 1 saturated heterocycles. The molecule has 33 heavy (non-hydrogen) atoms. The number of anilines is 2. The maximum absolute atomic E-state index is 13.4. The normalized spacial score (nSPS) is 16.9. The number of halogens is 2. The second kappa shape index (κ2) is 10.1. The average molecular weight is 494 g/mol. The highest BCUT2D eigenvalue weighted by atomic mass is 35.5. The standard InChI is InChI=1S/C25H17Cl2N3O2S/c26-17-8-6-16(7-9-17)14-22-24(32)30(20-4-2-1-3-5-20)25(33-22)21(15-28)23(31)29-19-12-10-18(27)11-13-19/h1-13,22H,14H2,(H,29,31)/b25-21+/t22-/m1/s1. The number of nitriles is 1. The number of thioether (sulfide) groups is 1. The molecule has 3 aromatic carbocycles. The van der Waals surface area contributed by atoms with Crippen LogP contribution >= 0.6 is 35.0 Å². The van der Waals surface area contributed by atoms with Crippen LogP contribution in [0, 0.1) is 11.3 Å². The lowest BCUT2D eigenvalue weighted by molar-refractivity contribution is -0.117. The molecule has 2 amide bonds. The lowest BCUT2D eigenvalue weighted by atomic mass is 10.1. The molecule has 0 bridgehead atoms. The Morgan fingerprint density at radius 3 is 2.18 bits per heavy atom.